The van der Waals surface area contributed by atoms with E-state index < -0.39 is 53.3 Å². The van der Waals surface area contributed by atoms with Crippen molar-refractivity contribution >= 4 is 58.9 Å². The number of benzene rings is 2. The van der Waals surface area contributed by atoms with Crippen molar-refractivity contribution in [1.82, 2.24) is 10.2 Å². The quantitative estimate of drug-likeness (QED) is 0.143. The summed E-state index contributed by atoms with van der Waals surface area (Å²) in [5, 5.41) is 2.45. The third-order valence-corrected chi connectivity index (χ3v) is 7.20. The Bertz CT molecular complexity index is 1470. The Morgan fingerprint density at radius 1 is 0.855 bits per heavy atom. The number of carbonyl (C=O) groups excluding carboxylic acids is 6. The summed E-state index contributed by atoms with van der Waals surface area (Å²) in [6.07, 6.45) is 1.72. The van der Waals surface area contributed by atoms with Gasteiger partial charge in [0.15, 0.2) is 5.78 Å². The Labute approximate surface area is 352 Å². The summed E-state index contributed by atoms with van der Waals surface area (Å²) in [5.41, 5.74) is 1.54. The fourth-order valence-corrected chi connectivity index (χ4v) is 4.56. The summed E-state index contributed by atoms with van der Waals surface area (Å²) >= 11 is 0. The van der Waals surface area contributed by atoms with Crippen LogP contribution in [0.15, 0.2) is 48.5 Å². The van der Waals surface area contributed by atoms with E-state index in [1.165, 1.54) is 32.6 Å². The Balaban J connectivity index is 0. The number of aryl methyl sites for hydroxylation is 2. The van der Waals surface area contributed by atoms with Crippen LogP contribution in [0.2, 0.25) is 0 Å². The maximum absolute atomic E-state index is 12.2. The van der Waals surface area contributed by atoms with Crippen LogP contribution in [0.3, 0.4) is 0 Å². The molecule has 55 heavy (non-hydrogen) atoms. The molecule has 2 aromatic carbocycles. The normalized spacial score (nSPS) is 14.9. The van der Waals surface area contributed by atoms with Gasteiger partial charge in [0.2, 0.25) is 5.91 Å². The summed E-state index contributed by atoms with van der Waals surface area (Å²) in [6, 6.07) is 16.2. The van der Waals surface area contributed by atoms with Crippen molar-refractivity contribution in [1.29, 1.82) is 0 Å². The van der Waals surface area contributed by atoms with Crippen molar-refractivity contribution in [3.63, 3.8) is 0 Å². The van der Waals surface area contributed by atoms with E-state index in [2.05, 4.69) is 27.8 Å². The molecular formula is C40H57BrMgN2O11. The molecule has 2 aliphatic rings. The Morgan fingerprint density at radius 3 is 1.80 bits per heavy atom. The Hall–Kier alpha value is -3.53. The third-order valence-electron chi connectivity index (χ3n) is 7.20. The van der Waals surface area contributed by atoms with Gasteiger partial charge in [0.1, 0.15) is 23.3 Å². The summed E-state index contributed by atoms with van der Waals surface area (Å²) in [4.78, 5) is 71.4. The monoisotopic (exact) mass is 844 g/mol. The van der Waals surface area contributed by atoms with E-state index in [1.807, 2.05) is 43.3 Å². The number of carbonyl (C=O) groups is 6. The fourth-order valence-electron chi connectivity index (χ4n) is 4.56. The molecule has 0 spiro atoms. The zero-order chi connectivity index (χ0) is 40.2. The van der Waals surface area contributed by atoms with Gasteiger partial charge in [-0.1, -0.05) is 36.8 Å². The Kier molecular flexibility index (Phi) is 26.4. The SMILES string of the molecule is C1CCOC1.COC(=O)[C@@H]1CCC(=O)N1C(=O)OC(C)(C)C.COC(=O)[C@H](CCC(=O)c1ccc(C)cc1)NC(=O)OC(C)(C)C.Cc1cc[c-]cc1.[Br-].[Mg+2]. The van der Waals surface area contributed by atoms with Gasteiger partial charge in [-0.15, -0.1) is 0 Å². The molecule has 2 fully saturated rings. The van der Waals surface area contributed by atoms with E-state index in [0.717, 1.165) is 23.7 Å². The van der Waals surface area contributed by atoms with Crippen molar-refractivity contribution in [3.05, 3.63) is 71.3 Å². The van der Waals surface area contributed by atoms with Crippen molar-refractivity contribution < 1.29 is 69.4 Å². The summed E-state index contributed by atoms with van der Waals surface area (Å²) < 4.78 is 24.4. The molecule has 1 N–H and O–H groups in total. The topological polar surface area (TPSA) is 164 Å². The number of likely N-dealkylation sites (tertiary alicyclic amines) is 1. The van der Waals surface area contributed by atoms with Crippen molar-refractivity contribution in [2.75, 3.05) is 27.4 Å². The van der Waals surface area contributed by atoms with E-state index in [1.54, 1.807) is 53.7 Å². The molecule has 0 radical (unpaired) electrons. The van der Waals surface area contributed by atoms with E-state index in [0.29, 0.717) is 5.56 Å². The molecule has 0 saturated carbocycles. The number of Topliss-reactive ketones (excluding diaryl/α,β-unsaturated/α-hetero) is 1. The molecule has 0 aliphatic carbocycles. The smallest absolute Gasteiger partial charge is 1.00 e. The van der Waals surface area contributed by atoms with Crippen LogP contribution in [0.1, 0.15) is 102 Å². The standard InChI is InChI=1S/C18H25NO5.C11H17NO5.C7H7.C4H8O.BrH.Mg/c1-12-6-8-13(9-7-12)15(20)11-10-14(16(21)23-5)19-17(22)24-18(2,3)4;1-11(2,3)17-10(15)12-7(9(14)16-4)5-6-8(12)13;1-7-5-3-2-4-6-7;1-2-4-5-3-1;;/h6-9,14H,10-11H2,1-5H3,(H,19,22);7H,5-6H2,1-4H3;3-6H,1H3;1-4H2;1H;/q;;-1;;;+2/p-1/t14-;7-;;;;/m00..../s1. The average molecular weight is 846 g/mol. The van der Waals surface area contributed by atoms with Crippen LogP contribution in [-0.4, -0.2) is 114 Å². The first-order valence-corrected chi connectivity index (χ1v) is 17.6. The molecule has 2 saturated heterocycles. The summed E-state index contributed by atoms with van der Waals surface area (Å²) in [7, 11) is 2.45. The number of hydrogen-bond acceptors (Lipinski definition) is 11. The minimum absolute atomic E-state index is 0. The van der Waals surface area contributed by atoms with Gasteiger partial charge in [-0.2, -0.15) is 35.9 Å². The predicted molar refractivity (Wildman–Crippen MR) is 204 cm³/mol. The molecule has 302 valence electrons. The predicted octanol–water partition coefficient (Wildman–Crippen LogP) is 3.32. The molecule has 4 rings (SSSR count). The molecule has 13 nitrogen and oxygen atoms in total. The fraction of sp³-hybridized carbons (Fsp3) is 0.550. The second-order valence-corrected chi connectivity index (χ2v) is 14.3. The van der Waals surface area contributed by atoms with E-state index in [9.17, 15) is 28.8 Å². The number of alkyl carbamates (subject to hydrolysis) is 1. The number of imide groups is 1. The largest absolute Gasteiger partial charge is 2.00 e. The molecule has 15 heteroatoms. The number of rotatable bonds is 7. The molecule has 0 unspecified atom stereocenters. The second kappa shape index (κ2) is 27.1. The molecule has 0 aromatic heterocycles. The van der Waals surface area contributed by atoms with Crippen LogP contribution in [0.5, 0.6) is 0 Å². The number of halogens is 1. The number of nitrogens with one attached hydrogen (secondary N) is 1. The summed E-state index contributed by atoms with van der Waals surface area (Å²) in [6.45, 7) is 16.2. The van der Waals surface area contributed by atoms with Crippen molar-refractivity contribution in [2.24, 2.45) is 0 Å². The number of amides is 3. The molecular weight excluding hydrogens is 789 g/mol. The minimum Gasteiger partial charge on any atom is -1.00 e. The third kappa shape index (κ3) is 23.2. The van der Waals surface area contributed by atoms with Gasteiger partial charge < -0.3 is 46.0 Å². The van der Waals surface area contributed by atoms with Gasteiger partial charge in [-0.05, 0) is 74.1 Å². The van der Waals surface area contributed by atoms with Crippen LogP contribution >= 0.6 is 0 Å². The van der Waals surface area contributed by atoms with Crippen LogP contribution < -0.4 is 22.3 Å². The number of esters is 2. The van der Waals surface area contributed by atoms with Gasteiger partial charge in [0.05, 0.1) is 14.2 Å². The van der Waals surface area contributed by atoms with Crippen LogP contribution in [0.4, 0.5) is 9.59 Å². The minimum atomic E-state index is -0.931. The molecule has 3 amide bonds. The molecule has 0 bridgehead atoms. The number of hydrogen-bond donors (Lipinski definition) is 1. The first kappa shape index (κ1) is 53.6. The van der Waals surface area contributed by atoms with Gasteiger partial charge in [-0.3, -0.25) is 9.59 Å². The second-order valence-electron chi connectivity index (χ2n) is 14.3. The zero-order valence-electron chi connectivity index (χ0n) is 34.0. The van der Waals surface area contributed by atoms with Crippen LogP contribution in [0.25, 0.3) is 0 Å². The molecule has 2 aliphatic heterocycles. The zero-order valence-corrected chi connectivity index (χ0v) is 37.0. The van der Waals surface area contributed by atoms with Crippen molar-refractivity contribution in [2.45, 2.75) is 117 Å². The number of ether oxygens (including phenoxy) is 5. The molecule has 2 heterocycles. The maximum Gasteiger partial charge on any atom is 2.00 e. The van der Waals surface area contributed by atoms with E-state index in [-0.39, 0.29) is 71.5 Å². The molecule has 2 aromatic rings. The van der Waals surface area contributed by atoms with Crippen LogP contribution in [0, 0.1) is 19.9 Å². The first-order chi connectivity index (χ1) is 24.8. The van der Waals surface area contributed by atoms with E-state index >= 15 is 0 Å². The number of ketones is 1. The van der Waals surface area contributed by atoms with E-state index in [4.69, 9.17) is 14.2 Å². The van der Waals surface area contributed by atoms with Gasteiger partial charge >= 0.3 is 47.2 Å². The maximum atomic E-state index is 12.2. The van der Waals surface area contributed by atoms with Gasteiger partial charge in [0.25, 0.3) is 0 Å². The number of nitrogens with zero attached hydrogens (tertiary/aromatic N) is 1. The average Bonchev–Trinajstić information content (AvgIpc) is 3.79. The van der Waals surface area contributed by atoms with Gasteiger partial charge in [0, 0.05) is 31.6 Å². The Morgan fingerprint density at radius 2 is 1.38 bits per heavy atom. The van der Waals surface area contributed by atoms with Gasteiger partial charge in [-0.25, -0.2) is 24.1 Å². The summed E-state index contributed by atoms with van der Waals surface area (Å²) in [5.74, 6) is -1.72. The molecule has 2 atom stereocenters. The van der Waals surface area contributed by atoms with Crippen molar-refractivity contribution in [3.8, 4) is 0 Å². The van der Waals surface area contributed by atoms with Crippen LogP contribution in [-0.2, 0) is 38.1 Å². The number of methoxy groups -OCH3 is 2. The first-order valence-electron chi connectivity index (χ1n) is 17.6.